The molecule has 9 nitrogen and oxygen atoms in total. The number of anilines is 1. The van der Waals surface area contributed by atoms with E-state index in [0.29, 0.717) is 34.6 Å². The highest BCUT2D eigenvalue weighted by molar-refractivity contribution is 7.99. The molecule has 0 unspecified atom stereocenters. The van der Waals surface area contributed by atoms with Gasteiger partial charge in [0.15, 0.2) is 10.9 Å². The minimum absolute atomic E-state index is 0.0596. The summed E-state index contributed by atoms with van der Waals surface area (Å²) in [6.07, 6.45) is 0. The van der Waals surface area contributed by atoms with Crippen molar-refractivity contribution in [2.24, 2.45) is 0 Å². The van der Waals surface area contributed by atoms with E-state index in [2.05, 4.69) is 25.7 Å². The van der Waals surface area contributed by atoms with E-state index in [1.165, 1.54) is 18.7 Å². The number of thioether (sulfide) groups is 1. The Bertz CT molecular complexity index is 1310. The van der Waals surface area contributed by atoms with Crippen LogP contribution < -0.4 is 5.32 Å². The Morgan fingerprint density at radius 3 is 2.70 bits per heavy atom. The van der Waals surface area contributed by atoms with Crippen molar-refractivity contribution >= 4 is 29.1 Å². The summed E-state index contributed by atoms with van der Waals surface area (Å²) in [5, 5.41) is 15.8. The number of nitrogens with one attached hydrogen (secondary N) is 1. The standard InChI is InChI=1S/C23H22N6O3S/c1-4-29-21(22-25-20(28-32-22)17-9-5-7-14(2)11-17)26-27-23(29)33-13-19(31)24-18-10-6-8-16(12-18)15(3)30/h5-12H,4,13H2,1-3H3,(H,24,31). The lowest BCUT2D eigenvalue weighted by molar-refractivity contribution is -0.113. The first-order valence-electron chi connectivity index (χ1n) is 10.3. The zero-order chi connectivity index (χ0) is 23.4. The number of carbonyl (C=O) groups is 2. The van der Waals surface area contributed by atoms with Gasteiger partial charge in [0.1, 0.15) is 0 Å². The summed E-state index contributed by atoms with van der Waals surface area (Å²) in [6, 6.07) is 14.7. The van der Waals surface area contributed by atoms with Gasteiger partial charge >= 0.3 is 0 Å². The maximum atomic E-state index is 12.4. The minimum atomic E-state index is -0.215. The first-order chi connectivity index (χ1) is 15.9. The van der Waals surface area contributed by atoms with Gasteiger partial charge in [-0.15, -0.1) is 10.2 Å². The normalized spacial score (nSPS) is 10.9. The Hall–Kier alpha value is -3.79. The van der Waals surface area contributed by atoms with Crippen LogP contribution in [-0.4, -0.2) is 42.3 Å². The zero-order valence-corrected chi connectivity index (χ0v) is 19.2. The third-order valence-electron chi connectivity index (χ3n) is 4.81. The Morgan fingerprint density at radius 2 is 1.94 bits per heavy atom. The molecule has 33 heavy (non-hydrogen) atoms. The van der Waals surface area contributed by atoms with E-state index in [4.69, 9.17) is 4.52 Å². The summed E-state index contributed by atoms with van der Waals surface area (Å²) in [5.74, 6) is 1.03. The molecule has 0 aliphatic carbocycles. The second kappa shape index (κ2) is 9.78. The Labute approximate surface area is 194 Å². The molecule has 0 saturated carbocycles. The van der Waals surface area contributed by atoms with Crippen molar-refractivity contribution < 1.29 is 14.1 Å². The number of Topliss-reactive ketones (excluding diaryl/α,β-unsaturated/α-hetero) is 1. The monoisotopic (exact) mass is 462 g/mol. The van der Waals surface area contributed by atoms with Crippen molar-refractivity contribution in [3.8, 4) is 23.1 Å². The van der Waals surface area contributed by atoms with E-state index in [1.807, 2.05) is 42.7 Å². The predicted molar refractivity (Wildman–Crippen MR) is 125 cm³/mol. The number of carbonyl (C=O) groups excluding carboxylic acids is 2. The zero-order valence-electron chi connectivity index (χ0n) is 18.4. The van der Waals surface area contributed by atoms with Crippen LogP contribution in [0.5, 0.6) is 0 Å². The van der Waals surface area contributed by atoms with Crippen molar-refractivity contribution in [2.75, 3.05) is 11.1 Å². The van der Waals surface area contributed by atoms with Gasteiger partial charge in [0, 0.05) is 23.4 Å². The van der Waals surface area contributed by atoms with Crippen LogP contribution in [0, 0.1) is 6.92 Å². The van der Waals surface area contributed by atoms with Crippen molar-refractivity contribution in [1.82, 2.24) is 24.9 Å². The molecular formula is C23H22N6O3S. The van der Waals surface area contributed by atoms with Gasteiger partial charge < -0.3 is 9.84 Å². The fourth-order valence-corrected chi connectivity index (χ4v) is 4.00. The van der Waals surface area contributed by atoms with E-state index >= 15 is 0 Å². The fourth-order valence-electron chi connectivity index (χ4n) is 3.20. The number of rotatable bonds is 8. The molecule has 2 heterocycles. The topological polar surface area (TPSA) is 116 Å². The highest BCUT2D eigenvalue weighted by Crippen LogP contribution is 2.25. The van der Waals surface area contributed by atoms with Gasteiger partial charge in [0.05, 0.1) is 5.75 Å². The summed E-state index contributed by atoms with van der Waals surface area (Å²) in [7, 11) is 0. The first-order valence-corrected chi connectivity index (χ1v) is 11.3. The molecular weight excluding hydrogens is 440 g/mol. The number of hydrogen-bond acceptors (Lipinski definition) is 8. The van der Waals surface area contributed by atoms with E-state index < -0.39 is 0 Å². The van der Waals surface area contributed by atoms with E-state index in [0.717, 1.165) is 11.1 Å². The maximum absolute atomic E-state index is 12.4. The third-order valence-corrected chi connectivity index (χ3v) is 5.78. The number of ketones is 1. The lowest BCUT2D eigenvalue weighted by Crippen LogP contribution is -2.15. The Kier molecular flexibility index (Phi) is 6.64. The van der Waals surface area contributed by atoms with Crippen molar-refractivity contribution in [3.05, 3.63) is 59.7 Å². The molecule has 2 aromatic carbocycles. The molecule has 0 bridgehead atoms. The summed E-state index contributed by atoms with van der Waals surface area (Å²) in [5.41, 5.74) is 3.06. The third kappa shape index (κ3) is 5.17. The van der Waals surface area contributed by atoms with E-state index in [-0.39, 0.29) is 23.3 Å². The van der Waals surface area contributed by atoms with Crippen LogP contribution in [0.2, 0.25) is 0 Å². The van der Waals surface area contributed by atoms with Gasteiger partial charge in [-0.05, 0) is 39.0 Å². The molecule has 0 atom stereocenters. The molecule has 0 fully saturated rings. The molecule has 0 radical (unpaired) electrons. The SMILES string of the molecule is CCn1c(SCC(=O)Nc2cccc(C(C)=O)c2)nnc1-c1nc(-c2cccc(C)c2)no1. The molecule has 0 saturated heterocycles. The minimum Gasteiger partial charge on any atom is -0.330 e. The molecule has 1 N–H and O–H groups in total. The van der Waals surface area contributed by atoms with Crippen LogP contribution in [0.4, 0.5) is 5.69 Å². The van der Waals surface area contributed by atoms with Crippen molar-refractivity contribution in [3.63, 3.8) is 0 Å². The average molecular weight is 463 g/mol. The maximum Gasteiger partial charge on any atom is 0.296 e. The summed E-state index contributed by atoms with van der Waals surface area (Å²) < 4.78 is 7.26. The van der Waals surface area contributed by atoms with Gasteiger partial charge in [0.25, 0.3) is 5.89 Å². The highest BCUT2D eigenvalue weighted by Gasteiger charge is 2.20. The van der Waals surface area contributed by atoms with E-state index in [9.17, 15) is 9.59 Å². The molecule has 0 spiro atoms. The molecule has 0 aliphatic rings. The molecule has 2 aromatic heterocycles. The predicted octanol–water partition coefficient (Wildman–Crippen LogP) is 4.26. The first kappa shape index (κ1) is 22.4. The lowest BCUT2D eigenvalue weighted by atomic mass is 10.1. The van der Waals surface area contributed by atoms with Gasteiger partial charge in [-0.1, -0.05) is 52.8 Å². The average Bonchev–Trinajstić information content (AvgIpc) is 3.44. The molecule has 168 valence electrons. The van der Waals surface area contributed by atoms with Gasteiger partial charge in [0.2, 0.25) is 17.6 Å². The molecule has 4 aromatic rings. The fraction of sp³-hybridized carbons (Fsp3) is 0.217. The summed E-state index contributed by atoms with van der Waals surface area (Å²) >= 11 is 1.25. The van der Waals surface area contributed by atoms with Crippen LogP contribution >= 0.6 is 11.8 Å². The molecule has 4 rings (SSSR count). The molecule has 0 aliphatic heterocycles. The van der Waals surface area contributed by atoms with Crippen LogP contribution in [0.15, 0.2) is 58.2 Å². The van der Waals surface area contributed by atoms with Gasteiger partial charge in [-0.3, -0.25) is 14.2 Å². The van der Waals surface area contributed by atoms with Gasteiger partial charge in [-0.2, -0.15) is 4.98 Å². The van der Waals surface area contributed by atoms with Crippen molar-refractivity contribution in [2.45, 2.75) is 32.5 Å². The van der Waals surface area contributed by atoms with Crippen LogP contribution in [0.3, 0.4) is 0 Å². The van der Waals surface area contributed by atoms with Crippen LogP contribution in [0.25, 0.3) is 23.1 Å². The lowest BCUT2D eigenvalue weighted by Gasteiger charge is -2.07. The van der Waals surface area contributed by atoms with E-state index in [1.54, 1.807) is 24.3 Å². The number of aryl methyl sites for hydroxylation is 1. The van der Waals surface area contributed by atoms with Gasteiger partial charge in [-0.25, -0.2) is 0 Å². The number of amides is 1. The number of nitrogens with zero attached hydrogens (tertiary/aromatic N) is 5. The highest BCUT2D eigenvalue weighted by atomic mass is 32.2. The Balaban J connectivity index is 1.45. The van der Waals surface area contributed by atoms with Crippen LogP contribution in [-0.2, 0) is 11.3 Å². The quantitative estimate of drug-likeness (QED) is 0.305. The largest absolute Gasteiger partial charge is 0.330 e. The number of hydrogen-bond donors (Lipinski definition) is 1. The second-order valence-corrected chi connectivity index (χ2v) is 8.26. The molecule has 10 heteroatoms. The molecule has 1 amide bonds. The second-order valence-electron chi connectivity index (χ2n) is 7.32. The number of aromatic nitrogens is 5. The summed E-state index contributed by atoms with van der Waals surface area (Å²) in [4.78, 5) is 28.4. The number of benzene rings is 2. The van der Waals surface area contributed by atoms with Crippen LogP contribution in [0.1, 0.15) is 29.8 Å². The summed E-state index contributed by atoms with van der Waals surface area (Å²) in [6.45, 7) is 5.99. The Morgan fingerprint density at radius 1 is 1.12 bits per heavy atom. The smallest absolute Gasteiger partial charge is 0.296 e. The van der Waals surface area contributed by atoms with Crippen molar-refractivity contribution in [1.29, 1.82) is 0 Å².